The largest absolute Gasteiger partial charge is 0.475 e. The van der Waals surface area contributed by atoms with Crippen LogP contribution in [0.3, 0.4) is 0 Å². The van der Waals surface area contributed by atoms with Gasteiger partial charge >= 0.3 is 12.0 Å². The van der Waals surface area contributed by atoms with Crippen molar-refractivity contribution in [2.75, 3.05) is 11.5 Å². The summed E-state index contributed by atoms with van der Waals surface area (Å²) in [6.45, 7) is 0.0264. The van der Waals surface area contributed by atoms with Crippen molar-refractivity contribution < 1.29 is 27.5 Å². The number of urea groups is 1. The summed E-state index contributed by atoms with van der Waals surface area (Å²) in [6.07, 6.45) is 1.16. The molecule has 2 amide bonds. The number of carbonyl (C=O) groups excluding carboxylic acids is 1. The van der Waals surface area contributed by atoms with Crippen LogP contribution in [0, 0.1) is 0 Å². The van der Waals surface area contributed by atoms with Gasteiger partial charge in [-0.15, -0.1) is 0 Å². The van der Waals surface area contributed by atoms with Gasteiger partial charge < -0.3 is 20.2 Å². The van der Waals surface area contributed by atoms with Crippen molar-refractivity contribution in [3.8, 4) is 0 Å². The second-order valence-corrected chi connectivity index (χ2v) is 7.08. The summed E-state index contributed by atoms with van der Waals surface area (Å²) in [7, 11) is -3.08. The van der Waals surface area contributed by atoms with E-state index in [0.29, 0.717) is 18.6 Å². The fraction of sp³-hybridized carbons (Fsp3) is 0.500. The van der Waals surface area contributed by atoms with Crippen LogP contribution in [0.4, 0.5) is 4.79 Å². The molecule has 0 radical (unpaired) electrons. The number of hydrogen-bond acceptors (Lipinski definition) is 5. The second-order valence-electron chi connectivity index (χ2n) is 4.85. The van der Waals surface area contributed by atoms with Crippen molar-refractivity contribution in [1.82, 2.24) is 10.6 Å². The summed E-state index contributed by atoms with van der Waals surface area (Å²) in [5, 5.41) is 13.8. The van der Waals surface area contributed by atoms with Crippen molar-refractivity contribution in [2.45, 2.75) is 25.4 Å². The fourth-order valence-electron chi connectivity index (χ4n) is 2.13. The molecule has 2 rings (SSSR count). The first kappa shape index (κ1) is 15.4. The zero-order chi connectivity index (χ0) is 15.5. The number of rotatable bonds is 4. The van der Waals surface area contributed by atoms with Crippen LogP contribution in [0.15, 0.2) is 16.5 Å². The van der Waals surface area contributed by atoms with E-state index in [1.54, 1.807) is 0 Å². The Morgan fingerprint density at radius 3 is 2.76 bits per heavy atom. The molecule has 1 saturated heterocycles. The van der Waals surface area contributed by atoms with Gasteiger partial charge in [-0.05, 0) is 25.0 Å². The van der Waals surface area contributed by atoms with E-state index >= 15 is 0 Å². The lowest BCUT2D eigenvalue weighted by Crippen LogP contribution is -2.47. The van der Waals surface area contributed by atoms with Gasteiger partial charge in [-0.3, -0.25) is 0 Å². The van der Waals surface area contributed by atoms with Gasteiger partial charge in [0.25, 0.3) is 0 Å². The molecule has 1 aromatic rings. The Hall–Kier alpha value is -2.03. The monoisotopic (exact) mass is 316 g/mol. The summed E-state index contributed by atoms with van der Waals surface area (Å²) in [5.74, 6) is -0.968. The van der Waals surface area contributed by atoms with Crippen molar-refractivity contribution in [3.05, 3.63) is 23.7 Å². The smallest absolute Gasteiger partial charge is 0.371 e. The summed E-state index contributed by atoms with van der Waals surface area (Å²) >= 11 is 0. The first-order chi connectivity index (χ1) is 9.85. The molecule has 2 heterocycles. The number of carboxylic acids is 1. The lowest BCUT2D eigenvalue weighted by Gasteiger charge is -2.22. The number of aromatic carboxylic acids is 1. The van der Waals surface area contributed by atoms with Gasteiger partial charge in [0.05, 0.1) is 18.1 Å². The standard InChI is InChI=1S/C12H16N2O6S/c15-11(16)10-4-3-9(20-10)6-13-12(17)14-8-2-1-5-21(18,19)7-8/h3-4,8H,1-2,5-7H2,(H,15,16)(H2,13,14,17). The van der Waals surface area contributed by atoms with Crippen LogP contribution >= 0.6 is 0 Å². The quantitative estimate of drug-likeness (QED) is 0.736. The first-order valence-corrected chi connectivity index (χ1v) is 8.25. The highest BCUT2D eigenvalue weighted by Crippen LogP contribution is 2.12. The Kier molecular flexibility index (Phi) is 4.51. The molecule has 1 unspecified atom stereocenters. The molecule has 1 aliphatic rings. The third kappa shape index (κ3) is 4.48. The predicted molar refractivity (Wildman–Crippen MR) is 72.7 cm³/mol. The van der Waals surface area contributed by atoms with Gasteiger partial charge in [0, 0.05) is 6.04 Å². The molecule has 1 fully saturated rings. The molecule has 1 aromatic heterocycles. The minimum atomic E-state index is -3.08. The van der Waals surface area contributed by atoms with Crippen LogP contribution in [0.25, 0.3) is 0 Å². The molecule has 0 bridgehead atoms. The topological polar surface area (TPSA) is 126 Å². The van der Waals surface area contributed by atoms with Crippen LogP contribution < -0.4 is 10.6 Å². The van der Waals surface area contributed by atoms with Gasteiger partial charge in [-0.25, -0.2) is 18.0 Å². The first-order valence-electron chi connectivity index (χ1n) is 6.42. The van der Waals surface area contributed by atoms with E-state index in [1.807, 2.05) is 0 Å². The molecule has 1 aliphatic heterocycles. The van der Waals surface area contributed by atoms with Gasteiger partial charge in [-0.2, -0.15) is 0 Å². The number of carboxylic acid groups (broad SMARTS) is 1. The molecule has 0 spiro atoms. The molecular weight excluding hydrogens is 300 g/mol. The molecular formula is C12H16N2O6S. The highest BCUT2D eigenvalue weighted by Gasteiger charge is 2.25. The maximum absolute atomic E-state index is 11.7. The predicted octanol–water partition coefficient (Wildman–Crippen LogP) is 0.354. The Morgan fingerprint density at radius 2 is 2.14 bits per heavy atom. The normalized spacial score (nSPS) is 20.7. The van der Waals surface area contributed by atoms with Crippen molar-refractivity contribution in [1.29, 1.82) is 0 Å². The number of carbonyl (C=O) groups is 2. The van der Waals surface area contributed by atoms with E-state index in [2.05, 4.69) is 10.6 Å². The van der Waals surface area contributed by atoms with Crippen LogP contribution in [-0.2, 0) is 16.4 Å². The molecule has 8 nitrogen and oxygen atoms in total. The van der Waals surface area contributed by atoms with E-state index < -0.39 is 27.9 Å². The average Bonchev–Trinajstić information content (AvgIpc) is 2.84. The van der Waals surface area contributed by atoms with Crippen LogP contribution in [0.5, 0.6) is 0 Å². The minimum absolute atomic E-state index is 0.0264. The summed E-state index contributed by atoms with van der Waals surface area (Å²) < 4.78 is 27.9. The Labute approximate surface area is 121 Å². The molecule has 0 saturated carbocycles. The van der Waals surface area contributed by atoms with E-state index in [1.165, 1.54) is 12.1 Å². The third-order valence-corrected chi connectivity index (χ3v) is 4.91. The highest BCUT2D eigenvalue weighted by molar-refractivity contribution is 7.91. The van der Waals surface area contributed by atoms with E-state index in [4.69, 9.17) is 9.52 Å². The van der Waals surface area contributed by atoms with E-state index in [9.17, 15) is 18.0 Å². The van der Waals surface area contributed by atoms with Gasteiger partial charge in [-0.1, -0.05) is 0 Å². The SMILES string of the molecule is O=C(NCc1ccc(C(=O)O)o1)NC1CCCS(=O)(=O)C1. The Morgan fingerprint density at radius 1 is 1.38 bits per heavy atom. The van der Waals surface area contributed by atoms with E-state index in [0.717, 1.165) is 0 Å². The Bertz CT molecular complexity index is 636. The lowest BCUT2D eigenvalue weighted by atomic mass is 10.2. The zero-order valence-electron chi connectivity index (χ0n) is 11.2. The summed E-state index contributed by atoms with van der Waals surface area (Å²) in [4.78, 5) is 22.3. The molecule has 9 heteroatoms. The van der Waals surface area contributed by atoms with Crippen LogP contribution in [0.2, 0.25) is 0 Å². The van der Waals surface area contributed by atoms with Crippen molar-refractivity contribution in [2.24, 2.45) is 0 Å². The highest BCUT2D eigenvalue weighted by atomic mass is 32.2. The lowest BCUT2D eigenvalue weighted by molar-refractivity contribution is 0.0660. The maximum Gasteiger partial charge on any atom is 0.371 e. The molecule has 0 aliphatic carbocycles. The third-order valence-electron chi connectivity index (χ3n) is 3.09. The van der Waals surface area contributed by atoms with Gasteiger partial charge in [0.1, 0.15) is 5.76 Å². The molecule has 21 heavy (non-hydrogen) atoms. The average molecular weight is 316 g/mol. The number of sulfone groups is 1. The van der Waals surface area contributed by atoms with Crippen molar-refractivity contribution in [3.63, 3.8) is 0 Å². The minimum Gasteiger partial charge on any atom is -0.475 e. The Balaban J connectivity index is 1.80. The maximum atomic E-state index is 11.7. The summed E-state index contributed by atoms with van der Waals surface area (Å²) in [6, 6.07) is 1.85. The number of furan rings is 1. The molecule has 0 aromatic carbocycles. The van der Waals surface area contributed by atoms with E-state index in [-0.39, 0.29) is 23.8 Å². The van der Waals surface area contributed by atoms with Crippen molar-refractivity contribution >= 4 is 21.8 Å². The van der Waals surface area contributed by atoms with Gasteiger partial charge in [0.2, 0.25) is 5.76 Å². The van der Waals surface area contributed by atoms with Gasteiger partial charge in [0.15, 0.2) is 9.84 Å². The molecule has 3 N–H and O–H groups in total. The number of nitrogens with one attached hydrogen (secondary N) is 2. The zero-order valence-corrected chi connectivity index (χ0v) is 12.0. The number of hydrogen-bond donors (Lipinski definition) is 3. The molecule has 116 valence electrons. The second kappa shape index (κ2) is 6.17. The van der Waals surface area contributed by atoms with Crippen LogP contribution in [0.1, 0.15) is 29.2 Å². The number of amides is 2. The molecule has 1 atom stereocenters. The fourth-order valence-corrected chi connectivity index (χ4v) is 3.76. The van der Waals surface area contributed by atoms with Crippen LogP contribution in [-0.4, -0.2) is 43.1 Å². The summed E-state index contributed by atoms with van der Waals surface area (Å²) in [5.41, 5.74) is 0.